The highest BCUT2D eigenvalue weighted by atomic mass is 16.5. The van der Waals surface area contributed by atoms with Gasteiger partial charge in [0, 0.05) is 22.8 Å². The van der Waals surface area contributed by atoms with Gasteiger partial charge in [-0.3, -0.25) is 9.59 Å². The van der Waals surface area contributed by atoms with E-state index in [1.165, 1.54) is 7.11 Å². The Morgan fingerprint density at radius 1 is 0.944 bits per heavy atom. The molecule has 0 atom stereocenters. The van der Waals surface area contributed by atoms with Gasteiger partial charge in [-0.15, -0.1) is 0 Å². The molecule has 2 heterocycles. The zero-order valence-corrected chi connectivity index (χ0v) is 19.8. The van der Waals surface area contributed by atoms with Gasteiger partial charge in [0.1, 0.15) is 34.3 Å². The van der Waals surface area contributed by atoms with E-state index in [-0.39, 0.29) is 23.7 Å². The SMILES string of the molecule is COc1ccc(-c2oc3ccc4c(c3c2CC(=O)O)O/C(=C\c2ccc(OC)cc2OC)C4=O)cc1. The van der Waals surface area contributed by atoms with Crippen molar-refractivity contribution < 1.29 is 38.1 Å². The van der Waals surface area contributed by atoms with Crippen molar-refractivity contribution in [3.63, 3.8) is 0 Å². The highest BCUT2D eigenvalue weighted by Gasteiger charge is 2.33. The van der Waals surface area contributed by atoms with Gasteiger partial charge in [-0.25, -0.2) is 0 Å². The lowest BCUT2D eigenvalue weighted by Gasteiger charge is -2.08. The first-order chi connectivity index (χ1) is 17.4. The lowest BCUT2D eigenvalue weighted by Crippen LogP contribution is -2.01. The quantitative estimate of drug-likeness (QED) is 0.348. The molecule has 3 aromatic carbocycles. The van der Waals surface area contributed by atoms with Crippen molar-refractivity contribution in [3.05, 3.63) is 77.0 Å². The van der Waals surface area contributed by atoms with Crippen LogP contribution in [-0.2, 0) is 11.2 Å². The molecule has 0 spiro atoms. The van der Waals surface area contributed by atoms with Crippen LogP contribution in [0.1, 0.15) is 21.5 Å². The van der Waals surface area contributed by atoms with E-state index in [0.717, 1.165) is 0 Å². The van der Waals surface area contributed by atoms with Crippen molar-refractivity contribution in [2.75, 3.05) is 21.3 Å². The molecule has 1 N–H and O–H groups in total. The maximum atomic E-state index is 13.2. The lowest BCUT2D eigenvalue weighted by molar-refractivity contribution is -0.136. The number of fused-ring (bicyclic) bond motifs is 3. The predicted octanol–water partition coefficient (Wildman–Crippen LogP) is 5.37. The summed E-state index contributed by atoms with van der Waals surface area (Å²) in [6, 6.07) is 15.6. The normalized spacial score (nSPS) is 13.5. The van der Waals surface area contributed by atoms with Crippen LogP contribution in [0.4, 0.5) is 0 Å². The molecule has 0 aliphatic carbocycles. The van der Waals surface area contributed by atoms with Crippen molar-refractivity contribution in [2.45, 2.75) is 6.42 Å². The molecule has 4 aromatic rings. The molecule has 0 radical (unpaired) electrons. The van der Waals surface area contributed by atoms with Crippen molar-refractivity contribution >= 4 is 28.8 Å². The Kier molecular flexibility index (Phi) is 5.85. The summed E-state index contributed by atoms with van der Waals surface area (Å²) in [5.41, 5.74) is 2.49. The number of ketones is 1. The molecular weight excluding hydrogens is 464 g/mol. The summed E-state index contributed by atoms with van der Waals surface area (Å²) in [5, 5.41) is 10.1. The molecule has 182 valence electrons. The van der Waals surface area contributed by atoms with Crippen LogP contribution in [-0.4, -0.2) is 38.2 Å². The smallest absolute Gasteiger partial charge is 0.307 e. The zero-order valence-electron chi connectivity index (χ0n) is 19.8. The molecule has 8 nitrogen and oxygen atoms in total. The molecule has 0 saturated heterocycles. The van der Waals surface area contributed by atoms with Crippen LogP contribution in [0.2, 0.25) is 0 Å². The summed E-state index contributed by atoms with van der Waals surface area (Å²) in [4.78, 5) is 25.0. The fourth-order valence-corrected chi connectivity index (χ4v) is 4.26. The molecule has 0 amide bonds. The monoisotopic (exact) mass is 486 g/mol. The standard InChI is InChI=1S/C28H22O8/c1-32-17-7-4-15(5-8-17)27-20(14-24(29)30)25-21(35-27)11-10-19-26(31)23(36-28(19)25)12-16-6-9-18(33-2)13-22(16)34-3/h4-13H,14H2,1-3H3,(H,29,30)/b23-12-. The van der Waals surface area contributed by atoms with Gasteiger partial charge >= 0.3 is 5.97 Å². The van der Waals surface area contributed by atoms with Crippen molar-refractivity contribution in [1.82, 2.24) is 0 Å². The van der Waals surface area contributed by atoms with Crippen molar-refractivity contribution in [3.8, 4) is 34.3 Å². The number of furan rings is 1. The number of methoxy groups -OCH3 is 3. The average molecular weight is 486 g/mol. The number of Topliss-reactive ketones (excluding diaryl/α,β-unsaturated/α-hetero) is 1. The van der Waals surface area contributed by atoms with Gasteiger partial charge in [-0.1, -0.05) is 0 Å². The number of hydrogen-bond acceptors (Lipinski definition) is 7. The van der Waals surface area contributed by atoms with Crippen LogP contribution >= 0.6 is 0 Å². The maximum absolute atomic E-state index is 13.2. The molecule has 5 rings (SSSR count). The van der Waals surface area contributed by atoms with Crippen LogP contribution in [0.3, 0.4) is 0 Å². The number of hydrogen-bond donors (Lipinski definition) is 1. The van der Waals surface area contributed by atoms with Gasteiger partial charge in [0.25, 0.3) is 0 Å². The molecule has 0 bridgehead atoms. The summed E-state index contributed by atoms with van der Waals surface area (Å²) in [6.45, 7) is 0. The van der Waals surface area contributed by atoms with Gasteiger partial charge in [-0.2, -0.15) is 0 Å². The number of carboxylic acids is 1. The largest absolute Gasteiger partial charge is 0.497 e. The second-order valence-corrected chi connectivity index (χ2v) is 8.07. The number of allylic oxidation sites excluding steroid dienone is 1. The maximum Gasteiger partial charge on any atom is 0.307 e. The molecule has 36 heavy (non-hydrogen) atoms. The first-order valence-electron chi connectivity index (χ1n) is 11.0. The number of carbonyl (C=O) groups excluding carboxylic acids is 1. The van der Waals surface area contributed by atoms with Crippen molar-refractivity contribution in [1.29, 1.82) is 0 Å². The number of rotatable bonds is 7. The van der Waals surface area contributed by atoms with Gasteiger partial charge in [0.05, 0.1) is 38.7 Å². The molecule has 8 heteroatoms. The number of benzene rings is 3. The highest BCUT2D eigenvalue weighted by Crippen LogP contribution is 2.45. The summed E-state index contributed by atoms with van der Waals surface area (Å²) < 4.78 is 28.0. The zero-order chi connectivity index (χ0) is 25.4. The third-order valence-electron chi connectivity index (χ3n) is 6.00. The molecule has 1 aliphatic rings. The second kappa shape index (κ2) is 9.14. The van der Waals surface area contributed by atoms with E-state index in [1.54, 1.807) is 74.9 Å². The molecule has 1 aromatic heterocycles. The third-order valence-corrected chi connectivity index (χ3v) is 6.00. The Labute approximate surface area is 206 Å². The van der Waals surface area contributed by atoms with Crippen LogP contribution in [0.25, 0.3) is 28.4 Å². The number of carbonyl (C=O) groups is 2. The minimum Gasteiger partial charge on any atom is -0.497 e. The number of carboxylic acid groups (broad SMARTS) is 1. The Balaban J connectivity index is 1.64. The molecule has 1 aliphatic heterocycles. The van der Waals surface area contributed by atoms with E-state index < -0.39 is 5.97 Å². The van der Waals surface area contributed by atoms with Crippen LogP contribution in [0.5, 0.6) is 23.0 Å². The first kappa shape index (κ1) is 23.0. The highest BCUT2D eigenvalue weighted by molar-refractivity contribution is 6.18. The average Bonchev–Trinajstić information content (AvgIpc) is 3.41. The lowest BCUT2D eigenvalue weighted by atomic mass is 10.00. The topological polar surface area (TPSA) is 104 Å². The van der Waals surface area contributed by atoms with E-state index in [0.29, 0.717) is 56.2 Å². The fraction of sp³-hybridized carbons (Fsp3) is 0.143. The van der Waals surface area contributed by atoms with E-state index in [2.05, 4.69) is 0 Å². The van der Waals surface area contributed by atoms with Gasteiger partial charge < -0.3 is 28.5 Å². The summed E-state index contributed by atoms with van der Waals surface area (Å²) >= 11 is 0. The van der Waals surface area contributed by atoms with Crippen LogP contribution < -0.4 is 18.9 Å². The van der Waals surface area contributed by atoms with E-state index >= 15 is 0 Å². The van der Waals surface area contributed by atoms with Crippen molar-refractivity contribution in [2.24, 2.45) is 0 Å². The molecule has 0 unspecified atom stereocenters. The van der Waals surface area contributed by atoms with Gasteiger partial charge in [0.2, 0.25) is 5.78 Å². The Bertz CT molecular complexity index is 1530. The van der Waals surface area contributed by atoms with Crippen LogP contribution in [0, 0.1) is 0 Å². The number of ether oxygens (including phenoxy) is 4. The van der Waals surface area contributed by atoms with E-state index in [4.69, 9.17) is 23.4 Å². The first-order valence-corrected chi connectivity index (χ1v) is 11.0. The summed E-state index contributed by atoms with van der Waals surface area (Å²) in [6.07, 6.45) is 1.28. The predicted molar refractivity (Wildman–Crippen MR) is 132 cm³/mol. The third kappa shape index (κ3) is 3.92. The number of aliphatic carboxylic acids is 1. The van der Waals surface area contributed by atoms with Crippen LogP contribution in [0.15, 0.2) is 64.8 Å². The molecule has 0 fully saturated rings. The Morgan fingerprint density at radius 3 is 2.33 bits per heavy atom. The summed E-state index contributed by atoms with van der Waals surface area (Å²) in [7, 11) is 4.64. The van der Waals surface area contributed by atoms with Gasteiger partial charge in [-0.05, 0) is 54.6 Å². The Morgan fingerprint density at radius 2 is 1.67 bits per heavy atom. The fourth-order valence-electron chi connectivity index (χ4n) is 4.26. The minimum absolute atomic E-state index is 0.0921. The molecular formula is C28H22O8. The van der Waals surface area contributed by atoms with E-state index in [9.17, 15) is 14.7 Å². The minimum atomic E-state index is -1.03. The molecule has 0 saturated carbocycles. The van der Waals surface area contributed by atoms with Gasteiger partial charge in [0.15, 0.2) is 5.76 Å². The summed E-state index contributed by atoms with van der Waals surface area (Å²) in [5.74, 6) is 1.19. The second-order valence-electron chi connectivity index (χ2n) is 8.07. The van der Waals surface area contributed by atoms with E-state index in [1.807, 2.05) is 0 Å². The Hall–Kier alpha value is -4.72.